The maximum Gasteiger partial charge on any atom is 0.154 e. The zero-order valence-electron chi connectivity index (χ0n) is 13.8. The average molecular weight is 343 g/mol. The van der Waals surface area contributed by atoms with Crippen LogP contribution in [0.5, 0.6) is 0 Å². The Morgan fingerprint density at radius 2 is 2.04 bits per heavy atom. The number of benzene rings is 2. The first-order valence-corrected chi connectivity index (χ1v) is 9.11. The van der Waals surface area contributed by atoms with Gasteiger partial charge in [0.15, 0.2) is 5.17 Å². The van der Waals surface area contributed by atoms with Crippen LogP contribution in [-0.2, 0) is 12.0 Å². The Morgan fingerprint density at radius 3 is 2.79 bits per heavy atom. The van der Waals surface area contributed by atoms with E-state index in [4.69, 9.17) is 5.73 Å². The molecule has 0 saturated carbocycles. The van der Waals surface area contributed by atoms with Crippen molar-refractivity contribution in [2.75, 3.05) is 17.6 Å². The van der Waals surface area contributed by atoms with Crippen LogP contribution >= 0.6 is 11.8 Å². The Morgan fingerprint density at radius 1 is 1.25 bits per heavy atom. The number of hydrogen-bond acceptors (Lipinski definition) is 4. The molecule has 0 fully saturated rings. The number of aliphatic imine (C=N–C) groups is 1. The van der Waals surface area contributed by atoms with E-state index in [1.165, 1.54) is 17.7 Å². The maximum absolute atomic E-state index is 12.9. The molecule has 1 aliphatic heterocycles. The molecule has 0 spiro atoms. The molecule has 1 heterocycles. The van der Waals surface area contributed by atoms with Gasteiger partial charge in [-0.1, -0.05) is 36.0 Å². The van der Waals surface area contributed by atoms with Crippen molar-refractivity contribution in [1.29, 1.82) is 0 Å². The van der Waals surface area contributed by atoms with Crippen molar-refractivity contribution >= 4 is 22.6 Å². The van der Waals surface area contributed by atoms with E-state index >= 15 is 0 Å². The molecule has 1 unspecified atom stereocenters. The molecule has 5 heteroatoms. The van der Waals surface area contributed by atoms with Crippen LogP contribution in [-0.4, -0.2) is 17.5 Å². The van der Waals surface area contributed by atoms with E-state index in [-0.39, 0.29) is 11.4 Å². The monoisotopic (exact) mass is 343 g/mol. The van der Waals surface area contributed by atoms with Gasteiger partial charge in [-0.25, -0.2) is 4.39 Å². The summed E-state index contributed by atoms with van der Waals surface area (Å²) in [6, 6.07) is 15.0. The summed E-state index contributed by atoms with van der Waals surface area (Å²) >= 11 is 1.62. The lowest BCUT2D eigenvalue weighted by molar-refractivity contribution is 0.482. The molecule has 3 rings (SSSR count). The lowest BCUT2D eigenvalue weighted by Crippen LogP contribution is -2.28. The Bertz CT molecular complexity index is 730. The van der Waals surface area contributed by atoms with Crippen molar-refractivity contribution in [3.63, 3.8) is 0 Å². The largest absolute Gasteiger partial charge is 0.385 e. The van der Waals surface area contributed by atoms with Crippen LogP contribution in [0.2, 0.25) is 0 Å². The van der Waals surface area contributed by atoms with Crippen molar-refractivity contribution in [2.45, 2.75) is 25.3 Å². The van der Waals surface area contributed by atoms with Crippen LogP contribution in [0.3, 0.4) is 0 Å². The number of amidine groups is 1. The molecule has 0 radical (unpaired) electrons. The van der Waals surface area contributed by atoms with E-state index in [2.05, 4.69) is 35.4 Å². The van der Waals surface area contributed by atoms with E-state index in [0.717, 1.165) is 36.4 Å². The highest BCUT2D eigenvalue weighted by Crippen LogP contribution is 2.35. The van der Waals surface area contributed by atoms with Gasteiger partial charge in [0.1, 0.15) is 5.82 Å². The first-order chi connectivity index (χ1) is 11.5. The minimum absolute atomic E-state index is 0.196. The number of nitrogens with zero attached hydrogens (tertiary/aromatic N) is 1. The van der Waals surface area contributed by atoms with Gasteiger partial charge in [0.2, 0.25) is 0 Å². The predicted octanol–water partition coefficient (Wildman–Crippen LogP) is 4.15. The van der Waals surface area contributed by atoms with Gasteiger partial charge in [-0.05, 0) is 55.2 Å². The standard InChI is InChI=1S/C19H22FN3S/c1-19(10-12-24-18(21)23-19)15-3-2-4-17(13-15)22-11-9-14-5-7-16(20)8-6-14/h2-8,13,22H,9-12H2,1H3,(H2,21,23). The van der Waals surface area contributed by atoms with Crippen LogP contribution in [0.25, 0.3) is 0 Å². The minimum Gasteiger partial charge on any atom is -0.385 e. The number of nitrogens with two attached hydrogens (primary N) is 1. The Kier molecular flexibility index (Phi) is 5.09. The molecule has 0 amide bonds. The van der Waals surface area contributed by atoms with Crippen molar-refractivity contribution in [2.24, 2.45) is 10.7 Å². The van der Waals surface area contributed by atoms with E-state index in [1.54, 1.807) is 11.8 Å². The number of rotatable bonds is 5. The van der Waals surface area contributed by atoms with Crippen LogP contribution < -0.4 is 11.1 Å². The fraction of sp³-hybridized carbons (Fsp3) is 0.316. The smallest absolute Gasteiger partial charge is 0.154 e. The average Bonchev–Trinajstić information content (AvgIpc) is 2.57. The van der Waals surface area contributed by atoms with Crippen LogP contribution in [0.15, 0.2) is 53.5 Å². The Labute approximate surface area is 146 Å². The fourth-order valence-electron chi connectivity index (χ4n) is 2.86. The van der Waals surface area contributed by atoms with Gasteiger partial charge in [0.25, 0.3) is 0 Å². The van der Waals surface area contributed by atoms with Gasteiger partial charge >= 0.3 is 0 Å². The summed E-state index contributed by atoms with van der Waals surface area (Å²) in [4.78, 5) is 4.66. The summed E-state index contributed by atoms with van der Waals surface area (Å²) in [6.45, 7) is 2.93. The van der Waals surface area contributed by atoms with Crippen molar-refractivity contribution < 1.29 is 4.39 Å². The Balaban J connectivity index is 1.65. The topological polar surface area (TPSA) is 50.4 Å². The second-order valence-electron chi connectivity index (χ2n) is 6.21. The first kappa shape index (κ1) is 16.8. The zero-order valence-corrected chi connectivity index (χ0v) is 14.6. The summed E-state index contributed by atoms with van der Waals surface area (Å²) in [5.41, 5.74) is 9.04. The molecular formula is C19H22FN3S. The SMILES string of the molecule is CC1(c2cccc(NCCc3ccc(F)cc3)c2)CCSC(N)=N1. The summed E-state index contributed by atoms with van der Waals surface area (Å²) in [6.07, 6.45) is 1.83. The maximum atomic E-state index is 12.9. The van der Waals surface area contributed by atoms with Gasteiger partial charge in [-0.15, -0.1) is 0 Å². The normalized spacial score (nSPS) is 20.5. The van der Waals surface area contributed by atoms with Crippen molar-refractivity contribution in [3.05, 3.63) is 65.5 Å². The van der Waals surface area contributed by atoms with Crippen LogP contribution in [0.4, 0.5) is 10.1 Å². The lowest BCUT2D eigenvalue weighted by atomic mass is 9.89. The molecular weight excluding hydrogens is 321 g/mol. The van der Waals surface area contributed by atoms with Crippen molar-refractivity contribution in [1.82, 2.24) is 0 Å². The summed E-state index contributed by atoms with van der Waals surface area (Å²) < 4.78 is 12.9. The molecule has 2 aromatic carbocycles. The third-order valence-electron chi connectivity index (χ3n) is 4.34. The number of thioether (sulfide) groups is 1. The highest BCUT2D eigenvalue weighted by atomic mass is 32.2. The molecule has 1 aliphatic rings. The number of halogens is 1. The van der Waals surface area contributed by atoms with Gasteiger partial charge in [0.05, 0.1) is 5.54 Å². The van der Waals surface area contributed by atoms with E-state index in [1.807, 2.05) is 18.2 Å². The highest BCUT2D eigenvalue weighted by molar-refractivity contribution is 8.13. The Hall–Kier alpha value is -2.01. The molecule has 2 aromatic rings. The predicted molar refractivity (Wildman–Crippen MR) is 101 cm³/mol. The zero-order chi connectivity index (χ0) is 17.0. The molecule has 1 atom stereocenters. The second-order valence-corrected chi connectivity index (χ2v) is 7.32. The van der Waals surface area contributed by atoms with E-state index in [0.29, 0.717) is 5.17 Å². The summed E-state index contributed by atoms with van der Waals surface area (Å²) in [7, 11) is 0. The van der Waals surface area contributed by atoms with Gasteiger partial charge in [-0.3, -0.25) is 4.99 Å². The minimum atomic E-state index is -0.246. The third-order valence-corrected chi connectivity index (χ3v) is 5.13. The summed E-state index contributed by atoms with van der Waals surface area (Å²) in [5, 5.41) is 4.10. The highest BCUT2D eigenvalue weighted by Gasteiger charge is 2.29. The molecule has 0 aliphatic carbocycles. The van der Waals surface area contributed by atoms with E-state index in [9.17, 15) is 4.39 Å². The third kappa shape index (κ3) is 4.09. The number of nitrogens with one attached hydrogen (secondary N) is 1. The molecule has 0 saturated heterocycles. The fourth-order valence-corrected chi connectivity index (χ4v) is 3.84. The van der Waals surface area contributed by atoms with Gasteiger partial charge < -0.3 is 11.1 Å². The molecule has 126 valence electrons. The van der Waals surface area contributed by atoms with Gasteiger partial charge in [0, 0.05) is 18.0 Å². The first-order valence-electron chi connectivity index (χ1n) is 8.12. The quantitative estimate of drug-likeness (QED) is 0.857. The molecule has 24 heavy (non-hydrogen) atoms. The lowest BCUT2D eigenvalue weighted by Gasteiger charge is -2.30. The van der Waals surface area contributed by atoms with Crippen molar-refractivity contribution in [3.8, 4) is 0 Å². The molecule has 0 aromatic heterocycles. The summed E-state index contributed by atoms with van der Waals surface area (Å²) in [5.74, 6) is 0.798. The number of anilines is 1. The second kappa shape index (κ2) is 7.26. The molecule has 3 N–H and O–H groups in total. The van der Waals surface area contributed by atoms with Crippen LogP contribution in [0, 0.1) is 5.82 Å². The number of hydrogen-bond donors (Lipinski definition) is 2. The van der Waals surface area contributed by atoms with Gasteiger partial charge in [-0.2, -0.15) is 0 Å². The van der Waals surface area contributed by atoms with E-state index < -0.39 is 0 Å². The molecule has 3 nitrogen and oxygen atoms in total. The molecule has 0 bridgehead atoms. The van der Waals surface area contributed by atoms with Crippen LogP contribution in [0.1, 0.15) is 24.5 Å².